The normalized spacial score (nSPS) is 11.3. The van der Waals surface area contributed by atoms with Crippen molar-refractivity contribution in [3.8, 4) is 0 Å². The second-order valence-electron chi connectivity index (χ2n) is 4.15. The van der Waals surface area contributed by atoms with Crippen molar-refractivity contribution in [2.75, 3.05) is 0 Å². The zero-order valence-electron chi connectivity index (χ0n) is 8.91. The van der Waals surface area contributed by atoms with Crippen LogP contribution in [-0.2, 0) is 0 Å². The minimum absolute atomic E-state index is 1.10. The number of benzene rings is 2. The highest BCUT2D eigenvalue weighted by atomic mass is 14.7. The lowest BCUT2D eigenvalue weighted by molar-refractivity contribution is 1.45. The van der Waals surface area contributed by atoms with Gasteiger partial charge < -0.3 is 4.98 Å². The minimum Gasteiger partial charge on any atom is -0.657 e. The number of fused-ring (bicyclic) bond motifs is 3. The maximum atomic E-state index is 4.60. The first-order valence-corrected chi connectivity index (χ1v) is 5.17. The first-order chi connectivity index (χ1) is 7.24. The van der Waals surface area contributed by atoms with Crippen molar-refractivity contribution in [2.24, 2.45) is 0 Å². The molecule has 0 spiro atoms. The molecule has 3 aromatic rings. The first kappa shape index (κ1) is 8.54. The van der Waals surface area contributed by atoms with E-state index in [1.807, 2.05) is 0 Å². The summed E-state index contributed by atoms with van der Waals surface area (Å²) in [6, 6.07) is 12.8. The fourth-order valence-electron chi connectivity index (χ4n) is 2.06. The highest BCUT2D eigenvalue weighted by Crippen LogP contribution is 2.25. The Kier molecular flexibility index (Phi) is 1.63. The van der Waals surface area contributed by atoms with E-state index in [0.29, 0.717) is 0 Å². The van der Waals surface area contributed by atoms with Crippen molar-refractivity contribution in [3.05, 3.63) is 47.5 Å². The molecule has 0 fully saturated rings. The molecule has 15 heavy (non-hydrogen) atoms. The molecule has 0 atom stereocenters. The summed E-state index contributed by atoms with van der Waals surface area (Å²) in [6.45, 7) is 4.24. The lowest BCUT2D eigenvalue weighted by Gasteiger charge is -1.98. The summed E-state index contributed by atoms with van der Waals surface area (Å²) < 4.78 is 0. The molecule has 0 unspecified atom stereocenters. The predicted octanol–water partition coefficient (Wildman–Crippen LogP) is 3.57. The van der Waals surface area contributed by atoms with Crippen LogP contribution in [0.1, 0.15) is 11.1 Å². The number of hydrogen-bond acceptors (Lipinski definition) is 0. The maximum absolute atomic E-state index is 4.60. The fraction of sp³-hybridized carbons (Fsp3) is 0.143. The average Bonchev–Trinajstić information content (AvgIpc) is 2.56. The Morgan fingerprint density at radius 3 is 1.67 bits per heavy atom. The van der Waals surface area contributed by atoms with Gasteiger partial charge in [0.05, 0.1) is 0 Å². The third kappa shape index (κ3) is 1.23. The lowest BCUT2D eigenvalue weighted by Crippen LogP contribution is -1.72. The van der Waals surface area contributed by atoms with Gasteiger partial charge in [-0.1, -0.05) is 47.5 Å². The zero-order chi connectivity index (χ0) is 10.4. The van der Waals surface area contributed by atoms with Crippen LogP contribution in [0.25, 0.3) is 21.8 Å². The molecule has 2 aromatic carbocycles. The summed E-state index contributed by atoms with van der Waals surface area (Å²) in [7, 11) is 0. The van der Waals surface area contributed by atoms with Crippen LogP contribution in [-0.4, -0.2) is 0 Å². The smallest absolute Gasteiger partial charge is 0.0341 e. The van der Waals surface area contributed by atoms with Gasteiger partial charge in [0.15, 0.2) is 0 Å². The van der Waals surface area contributed by atoms with Crippen molar-refractivity contribution >= 4 is 21.8 Å². The van der Waals surface area contributed by atoms with Gasteiger partial charge in [0, 0.05) is 0 Å². The van der Waals surface area contributed by atoms with E-state index < -0.39 is 0 Å². The van der Waals surface area contributed by atoms with Crippen LogP contribution in [0.3, 0.4) is 0 Å². The summed E-state index contributed by atoms with van der Waals surface area (Å²) in [5, 5.41) is 2.54. The Hall–Kier alpha value is -1.76. The standard InChI is InChI=1S/C14H12N/c1-9-3-5-13-11(7-9)12-8-10(2)4-6-14(12)15-13/h3-8H,1-2H3/q-1. The molecule has 0 amide bonds. The van der Waals surface area contributed by atoms with Gasteiger partial charge in [0.2, 0.25) is 0 Å². The van der Waals surface area contributed by atoms with E-state index >= 15 is 0 Å². The summed E-state index contributed by atoms with van der Waals surface area (Å²) in [6.07, 6.45) is 0. The Morgan fingerprint density at radius 1 is 0.733 bits per heavy atom. The number of aromatic nitrogens is 1. The van der Waals surface area contributed by atoms with Gasteiger partial charge in [-0.15, -0.1) is 11.0 Å². The topological polar surface area (TPSA) is 14.1 Å². The number of aryl methyl sites for hydroxylation is 2. The molecule has 0 bridgehead atoms. The Morgan fingerprint density at radius 2 is 1.20 bits per heavy atom. The molecular weight excluding hydrogens is 182 g/mol. The van der Waals surface area contributed by atoms with Crippen LogP contribution in [0.2, 0.25) is 0 Å². The van der Waals surface area contributed by atoms with Crippen molar-refractivity contribution in [1.82, 2.24) is 4.98 Å². The molecule has 1 heterocycles. The van der Waals surface area contributed by atoms with Gasteiger partial charge in [-0.3, -0.25) is 0 Å². The molecule has 0 aliphatic carbocycles. The van der Waals surface area contributed by atoms with Crippen LogP contribution in [0, 0.1) is 13.8 Å². The van der Waals surface area contributed by atoms with E-state index in [2.05, 4.69) is 55.2 Å². The minimum atomic E-state index is 1.10. The van der Waals surface area contributed by atoms with Gasteiger partial charge >= 0.3 is 0 Å². The van der Waals surface area contributed by atoms with Crippen molar-refractivity contribution < 1.29 is 0 Å². The average molecular weight is 194 g/mol. The van der Waals surface area contributed by atoms with Crippen LogP contribution in [0.15, 0.2) is 36.4 Å². The Labute approximate surface area is 88.7 Å². The van der Waals surface area contributed by atoms with E-state index in [0.717, 1.165) is 11.0 Å². The van der Waals surface area contributed by atoms with Gasteiger partial charge in [0.25, 0.3) is 0 Å². The van der Waals surface area contributed by atoms with Crippen LogP contribution in [0.4, 0.5) is 0 Å². The molecular formula is C14H12N-. The Balaban J connectivity index is 2.55. The second-order valence-corrected chi connectivity index (χ2v) is 4.15. The summed E-state index contributed by atoms with van der Waals surface area (Å²) in [5.41, 5.74) is 4.78. The summed E-state index contributed by atoms with van der Waals surface area (Å²) in [4.78, 5) is 4.60. The molecule has 1 heteroatoms. The van der Waals surface area contributed by atoms with E-state index in [1.165, 1.54) is 21.9 Å². The summed E-state index contributed by atoms with van der Waals surface area (Å²) >= 11 is 0. The van der Waals surface area contributed by atoms with Crippen LogP contribution >= 0.6 is 0 Å². The van der Waals surface area contributed by atoms with Crippen molar-refractivity contribution in [3.63, 3.8) is 0 Å². The van der Waals surface area contributed by atoms with Crippen LogP contribution < -0.4 is 4.98 Å². The van der Waals surface area contributed by atoms with Crippen LogP contribution in [0.5, 0.6) is 0 Å². The number of hydrogen-bond donors (Lipinski definition) is 0. The molecule has 1 nitrogen and oxygen atoms in total. The lowest BCUT2D eigenvalue weighted by atomic mass is 10.1. The molecule has 3 rings (SSSR count). The number of rotatable bonds is 0. The van der Waals surface area contributed by atoms with E-state index in [4.69, 9.17) is 0 Å². The van der Waals surface area contributed by atoms with E-state index in [1.54, 1.807) is 0 Å². The third-order valence-corrected chi connectivity index (χ3v) is 2.84. The largest absolute Gasteiger partial charge is 0.657 e. The molecule has 0 saturated carbocycles. The first-order valence-electron chi connectivity index (χ1n) is 5.17. The summed E-state index contributed by atoms with van der Waals surface area (Å²) in [5.74, 6) is 0. The second kappa shape index (κ2) is 2.86. The monoisotopic (exact) mass is 194 g/mol. The highest BCUT2D eigenvalue weighted by molar-refractivity contribution is 6.07. The molecule has 0 radical (unpaired) electrons. The van der Waals surface area contributed by atoms with Gasteiger partial charge in [-0.2, -0.15) is 0 Å². The molecule has 0 saturated heterocycles. The maximum Gasteiger partial charge on any atom is -0.0341 e. The molecule has 0 aliphatic rings. The molecule has 0 N–H and O–H groups in total. The van der Waals surface area contributed by atoms with Gasteiger partial charge in [0.1, 0.15) is 0 Å². The van der Waals surface area contributed by atoms with Crippen molar-refractivity contribution in [2.45, 2.75) is 13.8 Å². The quantitative estimate of drug-likeness (QED) is 0.533. The SMILES string of the molecule is Cc1ccc2[n-]c3ccc(C)cc3c2c1. The number of nitrogens with zero attached hydrogens (tertiary/aromatic N) is 1. The third-order valence-electron chi connectivity index (χ3n) is 2.84. The van der Waals surface area contributed by atoms with E-state index in [-0.39, 0.29) is 0 Å². The predicted molar refractivity (Wildman–Crippen MR) is 64.2 cm³/mol. The fourth-order valence-corrected chi connectivity index (χ4v) is 2.06. The van der Waals surface area contributed by atoms with Crippen molar-refractivity contribution in [1.29, 1.82) is 0 Å². The van der Waals surface area contributed by atoms with Gasteiger partial charge in [-0.05, 0) is 24.6 Å². The molecule has 1 aromatic heterocycles. The Bertz CT molecular complexity index is 591. The van der Waals surface area contributed by atoms with Gasteiger partial charge in [-0.25, -0.2) is 0 Å². The van der Waals surface area contributed by atoms with E-state index in [9.17, 15) is 0 Å². The molecule has 74 valence electrons. The zero-order valence-corrected chi connectivity index (χ0v) is 8.91. The molecule has 0 aliphatic heterocycles. The highest BCUT2D eigenvalue weighted by Gasteiger charge is 1.96.